The molecule has 2 aliphatic rings. The molecule has 152 valence electrons. The fourth-order valence-corrected chi connectivity index (χ4v) is 7.00. The molecule has 0 spiro atoms. The van der Waals surface area contributed by atoms with Crippen molar-refractivity contribution in [2.24, 2.45) is 16.7 Å². The SMILES string of the molecule is CC(O)(CNS(=O)(=O)CC12CCC(CC1=O)C2(C)C)c1cc2ccccc2o1. The van der Waals surface area contributed by atoms with Crippen molar-refractivity contribution in [3.05, 3.63) is 36.1 Å². The molecule has 2 aromatic rings. The van der Waals surface area contributed by atoms with Crippen LogP contribution in [0.1, 0.15) is 45.8 Å². The smallest absolute Gasteiger partial charge is 0.212 e. The van der Waals surface area contributed by atoms with Crippen LogP contribution in [0.2, 0.25) is 0 Å². The molecule has 2 N–H and O–H groups in total. The summed E-state index contributed by atoms with van der Waals surface area (Å²) in [5.74, 6) is 0.392. The lowest BCUT2D eigenvalue weighted by molar-refractivity contribution is -0.128. The summed E-state index contributed by atoms with van der Waals surface area (Å²) in [7, 11) is -3.76. The van der Waals surface area contributed by atoms with Crippen LogP contribution >= 0.6 is 0 Å². The predicted octanol–water partition coefficient (Wildman–Crippen LogP) is 2.96. The molecule has 3 unspecified atom stereocenters. The van der Waals surface area contributed by atoms with E-state index < -0.39 is 21.0 Å². The molecule has 2 saturated carbocycles. The van der Waals surface area contributed by atoms with E-state index in [1.54, 1.807) is 12.1 Å². The van der Waals surface area contributed by atoms with Crippen LogP contribution in [0, 0.1) is 16.7 Å². The maximum Gasteiger partial charge on any atom is 0.212 e. The average molecular weight is 406 g/mol. The second-order valence-corrected chi connectivity index (χ2v) is 11.0. The molecule has 1 aromatic heterocycles. The van der Waals surface area contributed by atoms with Crippen LogP contribution in [0.25, 0.3) is 11.0 Å². The molecule has 0 saturated heterocycles. The minimum atomic E-state index is -3.76. The maximum absolute atomic E-state index is 12.8. The fourth-order valence-electron chi connectivity index (χ4n) is 5.07. The number of rotatable bonds is 6. The number of sulfonamides is 1. The van der Waals surface area contributed by atoms with Gasteiger partial charge in [-0.25, -0.2) is 13.1 Å². The van der Waals surface area contributed by atoms with Gasteiger partial charge in [-0.2, -0.15) is 0 Å². The van der Waals surface area contributed by atoms with Gasteiger partial charge in [0, 0.05) is 23.8 Å². The number of furan rings is 1. The van der Waals surface area contributed by atoms with Gasteiger partial charge >= 0.3 is 0 Å². The first kappa shape index (κ1) is 19.6. The number of aliphatic hydroxyl groups is 1. The van der Waals surface area contributed by atoms with Gasteiger partial charge in [0.25, 0.3) is 0 Å². The van der Waals surface area contributed by atoms with Gasteiger partial charge in [-0.1, -0.05) is 32.0 Å². The van der Waals surface area contributed by atoms with Gasteiger partial charge < -0.3 is 9.52 Å². The van der Waals surface area contributed by atoms with Crippen molar-refractivity contribution in [1.29, 1.82) is 0 Å². The summed E-state index contributed by atoms with van der Waals surface area (Å²) in [4.78, 5) is 12.6. The van der Waals surface area contributed by atoms with Crippen molar-refractivity contribution in [2.45, 2.75) is 45.6 Å². The van der Waals surface area contributed by atoms with Crippen LogP contribution in [-0.4, -0.2) is 31.6 Å². The van der Waals surface area contributed by atoms with Crippen molar-refractivity contribution in [3.8, 4) is 0 Å². The Bertz CT molecular complexity index is 1000. The Morgan fingerprint density at radius 3 is 2.64 bits per heavy atom. The first-order valence-electron chi connectivity index (χ1n) is 9.69. The molecular formula is C21H27NO5S. The standard InChI is InChI=1S/C21H27NO5S/c1-19(2)15-8-9-21(19,17(23)11-15)13-28(25,26)22-12-20(3,24)18-10-14-6-4-5-7-16(14)27-18/h4-7,10,15,22,24H,8-9,11-13H2,1-3H3. The largest absolute Gasteiger partial charge is 0.458 e. The molecule has 2 fully saturated rings. The quantitative estimate of drug-likeness (QED) is 0.770. The molecular weight excluding hydrogens is 378 g/mol. The summed E-state index contributed by atoms with van der Waals surface area (Å²) in [6.45, 7) is 5.32. The summed E-state index contributed by atoms with van der Waals surface area (Å²) in [5.41, 5.74) is -2.01. The van der Waals surface area contributed by atoms with E-state index in [0.717, 1.165) is 11.8 Å². The maximum atomic E-state index is 12.8. The Morgan fingerprint density at radius 2 is 2.04 bits per heavy atom. The summed E-state index contributed by atoms with van der Waals surface area (Å²) in [6.07, 6.45) is 1.98. The van der Waals surface area contributed by atoms with E-state index in [2.05, 4.69) is 4.72 Å². The van der Waals surface area contributed by atoms with Gasteiger partial charge in [0.15, 0.2) is 0 Å². The van der Waals surface area contributed by atoms with E-state index in [-0.39, 0.29) is 29.4 Å². The molecule has 4 rings (SSSR count). The van der Waals surface area contributed by atoms with Crippen molar-refractivity contribution >= 4 is 26.8 Å². The van der Waals surface area contributed by atoms with Crippen LogP contribution in [-0.2, 0) is 20.4 Å². The predicted molar refractivity (Wildman–Crippen MR) is 106 cm³/mol. The molecule has 7 heteroatoms. The molecule has 28 heavy (non-hydrogen) atoms. The van der Waals surface area contributed by atoms with Crippen molar-refractivity contribution in [1.82, 2.24) is 4.72 Å². The molecule has 2 bridgehead atoms. The number of ketones is 1. The van der Waals surface area contributed by atoms with Crippen LogP contribution in [0.5, 0.6) is 0 Å². The lowest BCUT2D eigenvalue weighted by Gasteiger charge is -2.36. The Morgan fingerprint density at radius 1 is 1.32 bits per heavy atom. The summed E-state index contributed by atoms with van der Waals surface area (Å²) >= 11 is 0. The van der Waals surface area contributed by atoms with E-state index in [9.17, 15) is 18.3 Å². The molecule has 0 amide bonds. The van der Waals surface area contributed by atoms with Gasteiger partial charge in [-0.3, -0.25) is 4.79 Å². The number of carbonyl (C=O) groups is 1. The van der Waals surface area contributed by atoms with E-state index in [4.69, 9.17) is 4.42 Å². The summed E-state index contributed by atoms with van der Waals surface area (Å²) < 4.78 is 33.9. The van der Waals surface area contributed by atoms with Gasteiger partial charge in [0.05, 0.1) is 5.75 Å². The molecule has 1 heterocycles. The van der Waals surface area contributed by atoms with Gasteiger partial charge in [-0.05, 0) is 43.2 Å². The highest BCUT2D eigenvalue weighted by molar-refractivity contribution is 7.89. The van der Waals surface area contributed by atoms with Crippen LogP contribution in [0.3, 0.4) is 0 Å². The molecule has 0 radical (unpaired) electrons. The fraction of sp³-hybridized carbons (Fsp3) is 0.571. The summed E-state index contributed by atoms with van der Waals surface area (Å²) in [5, 5.41) is 11.7. The van der Waals surface area contributed by atoms with Crippen LogP contribution < -0.4 is 4.72 Å². The van der Waals surface area contributed by atoms with E-state index >= 15 is 0 Å². The zero-order valence-electron chi connectivity index (χ0n) is 16.5. The molecule has 0 aliphatic heterocycles. The zero-order chi connectivity index (χ0) is 20.4. The number of para-hydroxylation sites is 1. The second-order valence-electron chi connectivity index (χ2n) is 9.17. The third-order valence-electron chi connectivity index (χ3n) is 7.17. The number of carbonyl (C=O) groups excluding carboxylic acids is 1. The third kappa shape index (κ3) is 2.91. The minimum absolute atomic E-state index is 0.0585. The van der Waals surface area contributed by atoms with E-state index in [0.29, 0.717) is 24.2 Å². The van der Waals surface area contributed by atoms with Gasteiger partial charge in [0.1, 0.15) is 22.7 Å². The Balaban J connectivity index is 1.51. The van der Waals surface area contributed by atoms with Crippen LogP contribution in [0.4, 0.5) is 0 Å². The molecule has 1 aromatic carbocycles. The number of hydrogen-bond donors (Lipinski definition) is 2. The van der Waals surface area contributed by atoms with Crippen molar-refractivity contribution in [3.63, 3.8) is 0 Å². The Labute approximate surface area is 165 Å². The zero-order valence-corrected chi connectivity index (χ0v) is 17.3. The molecule has 3 atom stereocenters. The van der Waals surface area contributed by atoms with Gasteiger partial charge in [0.2, 0.25) is 10.0 Å². The molecule has 2 aliphatic carbocycles. The number of fused-ring (bicyclic) bond motifs is 3. The van der Waals surface area contributed by atoms with Gasteiger partial charge in [-0.15, -0.1) is 0 Å². The first-order valence-corrected chi connectivity index (χ1v) is 11.3. The normalized spacial score (nSPS) is 28.7. The highest BCUT2D eigenvalue weighted by Gasteiger charge is 2.65. The topological polar surface area (TPSA) is 96.6 Å². The average Bonchev–Trinajstić information content (AvgIpc) is 3.20. The first-order chi connectivity index (χ1) is 13.0. The third-order valence-corrected chi connectivity index (χ3v) is 8.63. The van der Waals surface area contributed by atoms with Crippen molar-refractivity contribution in [2.75, 3.05) is 12.3 Å². The number of benzene rings is 1. The Kier molecular flexibility index (Phi) is 4.30. The van der Waals surface area contributed by atoms with Crippen LogP contribution in [0.15, 0.2) is 34.7 Å². The lowest BCUT2D eigenvalue weighted by Crippen LogP contribution is -2.47. The van der Waals surface area contributed by atoms with E-state index in [1.807, 2.05) is 32.0 Å². The van der Waals surface area contributed by atoms with Crippen molar-refractivity contribution < 1.29 is 22.7 Å². The lowest BCUT2D eigenvalue weighted by atomic mass is 9.70. The minimum Gasteiger partial charge on any atom is -0.458 e. The Hall–Kier alpha value is -1.70. The highest BCUT2D eigenvalue weighted by atomic mass is 32.2. The second kappa shape index (κ2) is 6.15. The van der Waals surface area contributed by atoms with E-state index in [1.165, 1.54) is 6.92 Å². The highest BCUT2D eigenvalue weighted by Crippen LogP contribution is 2.64. The molecule has 6 nitrogen and oxygen atoms in total. The summed E-state index contributed by atoms with van der Waals surface area (Å²) in [6, 6.07) is 9.08. The number of Topliss-reactive ketones (excluding diaryl/α,β-unsaturated/α-hetero) is 1. The number of nitrogens with one attached hydrogen (secondary N) is 1. The monoisotopic (exact) mass is 405 g/mol. The number of hydrogen-bond acceptors (Lipinski definition) is 5.